The van der Waals surface area contributed by atoms with Crippen molar-refractivity contribution < 1.29 is 49.0 Å². The van der Waals surface area contributed by atoms with Gasteiger partial charge in [-0.1, -0.05) is 35.4 Å². The van der Waals surface area contributed by atoms with Gasteiger partial charge in [0.1, 0.15) is 0 Å². The summed E-state index contributed by atoms with van der Waals surface area (Å²) in [6, 6.07) is 18.1. The first-order valence-corrected chi connectivity index (χ1v) is 8.34. The van der Waals surface area contributed by atoms with E-state index in [0.717, 1.165) is 12.8 Å². The molecule has 3 heteroatoms. The van der Waals surface area contributed by atoms with Crippen LogP contribution in [0.1, 0.15) is 17.5 Å². The molecule has 0 aromatic heterocycles. The van der Waals surface area contributed by atoms with Gasteiger partial charge in [0.05, 0.1) is 0 Å². The van der Waals surface area contributed by atoms with E-state index in [1.54, 1.807) is 0 Å². The van der Waals surface area contributed by atoms with Crippen molar-refractivity contribution in [3.8, 4) is 11.1 Å². The second-order valence-electron chi connectivity index (χ2n) is 4.40. The van der Waals surface area contributed by atoms with Crippen LogP contribution in [0.3, 0.4) is 0 Å². The number of halogens is 2. The van der Waals surface area contributed by atoms with Crippen molar-refractivity contribution >= 4 is 4.21 Å². The molecule has 0 fully saturated rings. The molecule has 0 atom stereocenters. The molecular formula is C19H16Cl2Zr-2. The van der Waals surface area contributed by atoms with Crippen LogP contribution in [0.2, 0.25) is 0 Å². The average molecular weight is 406 g/mol. The number of fused-ring (bicyclic) bond motifs is 3. The standard InChI is InChI=1S/C13H9.C5H5.CH2.2ClH.Zr/c1-3-7-12-10(5-1)9-11-6-2-4-8-13(11)12;1-2-4-5-3-1;;;;/h1-5,7-8H,9H2;1-3H,4H2;1H2;2*1H;/q2*-1;;;;+2/p-2. The van der Waals surface area contributed by atoms with Crippen molar-refractivity contribution in [1.29, 1.82) is 0 Å². The van der Waals surface area contributed by atoms with Gasteiger partial charge < -0.3 is 24.8 Å². The molecule has 22 heavy (non-hydrogen) atoms. The maximum absolute atomic E-state index is 3.34. The van der Waals surface area contributed by atoms with Gasteiger partial charge in [-0.2, -0.15) is 35.9 Å². The monoisotopic (exact) mass is 404 g/mol. The minimum atomic E-state index is 0. The van der Waals surface area contributed by atoms with Crippen molar-refractivity contribution in [3.05, 3.63) is 84.0 Å². The summed E-state index contributed by atoms with van der Waals surface area (Å²) in [5.74, 6) is 0. The zero-order chi connectivity index (χ0) is 14.2. The van der Waals surface area contributed by atoms with Gasteiger partial charge in [-0.25, -0.2) is 12.2 Å². The predicted molar refractivity (Wildman–Crippen MR) is 82.2 cm³/mol. The largest absolute Gasteiger partial charge is 1.00 e. The second kappa shape index (κ2) is 11.8. The molecule has 0 saturated carbocycles. The Hall–Kier alpha value is -0.747. The summed E-state index contributed by atoms with van der Waals surface area (Å²) in [5, 5.41) is 0. The van der Waals surface area contributed by atoms with E-state index < -0.39 is 0 Å². The third kappa shape index (κ3) is 5.47. The molecule has 112 valence electrons. The Kier molecular flexibility index (Phi) is 11.4. The van der Waals surface area contributed by atoms with Crippen LogP contribution in [-0.4, -0.2) is 4.21 Å². The molecule has 2 aliphatic rings. The van der Waals surface area contributed by atoms with Gasteiger partial charge in [-0.05, 0) is 6.42 Å². The summed E-state index contributed by atoms with van der Waals surface area (Å²) in [6.07, 6.45) is 11.0. The maximum Gasteiger partial charge on any atom is -0.0253 e. The Morgan fingerprint density at radius 2 is 1.68 bits per heavy atom. The minimum Gasteiger partial charge on any atom is -1.00 e. The fraction of sp³-hybridized carbons (Fsp3) is 0.105. The molecular weight excluding hydrogens is 390 g/mol. The minimum absolute atomic E-state index is 0. The average Bonchev–Trinajstić information content (AvgIpc) is 3.20. The third-order valence-corrected chi connectivity index (χ3v) is 3.20. The maximum atomic E-state index is 3.34. The van der Waals surface area contributed by atoms with Crippen molar-refractivity contribution in [2.45, 2.75) is 12.8 Å². The summed E-state index contributed by atoms with van der Waals surface area (Å²) >= 11 is 1.30. The van der Waals surface area contributed by atoms with Crippen molar-refractivity contribution in [2.75, 3.05) is 0 Å². The van der Waals surface area contributed by atoms with Gasteiger partial charge >= 0.3 is 28.4 Å². The van der Waals surface area contributed by atoms with E-state index in [4.69, 9.17) is 0 Å². The summed E-state index contributed by atoms with van der Waals surface area (Å²) in [7, 11) is 0. The van der Waals surface area contributed by atoms with Crippen molar-refractivity contribution in [2.24, 2.45) is 0 Å². The first-order chi connectivity index (χ1) is 9.95. The SMILES string of the molecule is [C-]1=CC=CC1.[CH2]=[Zr+2].[Cl-].[Cl-].[c-]1cccc2c1Cc1ccccc1-2. The Balaban J connectivity index is 0.000000422. The van der Waals surface area contributed by atoms with Gasteiger partial charge in [0, 0.05) is 0 Å². The quantitative estimate of drug-likeness (QED) is 0.392. The fourth-order valence-corrected chi connectivity index (χ4v) is 2.34. The molecule has 0 amide bonds. The van der Waals surface area contributed by atoms with E-state index in [-0.39, 0.29) is 24.8 Å². The van der Waals surface area contributed by atoms with E-state index in [2.05, 4.69) is 58.8 Å². The van der Waals surface area contributed by atoms with Crippen LogP contribution in [0, 0.1) is 12.1 Å². The molecule has 0 nitrogen and oxygen atoms in total. The van der Waals surface area contributed by atoms with Gasteiger partial charge in [-0.3, -0.25) is 6.08 Å². The smallest absolute Gasteiger partial charge is 0.0253 e. The van der Waals surface area contributed by atoms with Crippen LogP contribution in [0.25, 0.3) is 11.1 Å². The number of hydrogen-bond donors (Lipinski definition) is 0. The van der Waals surface area contributed by atoms with Crippen molar-refractivity contribution in [3.63, 3.8) is 0 Å². The van der Waals surface area contributed by atoms with Crippen LogP contribution >= 0.6 is 0 Å². The van der Waals surface area contributed by atoms with Crippen LogP contribution in [0.5, 0.6) is 0 Å². The van der Waals surface area contributed by atoms with Gasteiger partial charge in [0.25, 0.3) is 0 Å². The van der Waals surface area contributed by atoms with Crippen molar-refractivity contribution in [1.82, 2.24) is 0 Å². The Bertz CT molecular complexity index is 579. The number of hydrogen-bond acceptors (Lipinski definition) is 0. The van der Waals surface area contributed by atoms with Crippen LogP contribution in [0.15, 0.2) is 60.7 Å². The molecule has 2 aromatic carbocycles. The van der Waals surface area contributed by atoms with E-state index >= 15 is 0 Å². The topological polar surface area (TPSA) is 0 Å². The summed E-state index contributed by atoms with van der Waals surface area (Å²) in [5.41, 5.74) is 5.51. The normalized spacial score (nSPS) is 11.5. The number of rotatable bonds is 0. The molecule has 0 radical (unpaired) electrons. The zero-order valence-electron chi connectivity index (χ0n) is 12.2. The Labute approximate surface area is 160 Å². The predicted octanol–water partition coefficient (Wildman–Crippen LogP) is -1.66. The van der Waals surface area contributed by atoms with Gasteiger partial charge in [-0.15, -0.1) is 12.0 Å². The van der Waals surface area contributed by atoms with Crippen LogP contribution < -0.4 is 24.8 Å². The second-order valence-corrected chi connectivity index (χ2v) is 4.40. The van der Waals surface area contributed by atoms with Crippen LogP contribution in [-0.2, 0) is 30.7 Å². The summed E-state index contributed by atoms with van der Waals surface area (Å²) in [6.45, 7) is 0. The Morgan fingerprint density at radius 1 is 0.955 bits per heavy atom. The van der Waals surface area contributed by atoms with E-state index in [9.17, 15) is 0 Å². The number of benzene rings is 2. The van der Waals surface area contributed by atoms with Gasteiger partial charge in [0.15, 0.2) is 0 Å². The van der Waals surface area contributed by atoms with E-state index in [0.29, 0.717) is 0 Å². The number of allylic oxidation sites excluding steroid dienone is 4. The first-order valence-electron chi connectivity index (χ1n) is 6.60. The fourth-order valence-electron chi connectivity index (χ4n) is 2.34. The zero-order valence-corrected chi connectivity index (χ0v) is 16.1. The van der Waals surface area contributed by atoms with E-state index in [1.165, 1.54) is 46.5 Å². The Morgan fingerprint density at radius 3 is 2.32 bits per heavy atom. The first kappa shape index (κ1) is 21.3. The molecule has 2 aliphatic carbocycles. The molecule has 0 N–H and O–H groups in total. The molecule has 4 rings (SSSR count). The van der Waals surface area contributed by atoms with Crippen LogP contribution in [0.4, 0.5) is 0 Å². The molecule has 0 aliphatic heterocycles. The molecule has 2 aromatic rings. The molecule has 0 heterocycles. The molecule has 0 spiro atoms. The summed E-state index contributed by atoms with van der Waals surface area (Å²) < 4.78 is 3.34. The third-order valence-electron chi connectivity index (χ3n) is 3.20. The molecule has 0 bridgehead atoms. The summed E-state index contributed by atoms with van der Waals surface area (Å²) in [4.78, 5) is 0. The van der Waals surface area contributed by atoms with Gasteiger partial charge in [0.2, 0.25) is 0 Å². The van der Waals surface area contributed by atoms with E-state index in [1.807, 2.05) is 18.2 Å². The molecule has 0 saturated heterocycles. The molecule has 0 unspecified atom stereocenters.